The summed E-state index contributed by atoms with van der Waals surface area (Å²) in [6.07, 6.45) is 7.58. The summed E-state index contributed by atoms with van der Waals surface area (Å²) in [4.78, 5) is 2.25. The highest BCUT2D eigenvalue weighted by molar-refractivity contribution is 8.13. The Kier molecular flexibility index (Phi) is 6.48. The molecule has 0 bridgehead atoms. The summed E-state index contributed by atoms with van der Waals surface area (Å²) in [6.45, 7) is 2.95. The van der Waals surface area contributed by atoms with Gasteiger partial charge >= 0.3 is 0 Å². The first kappa shape index (κ1) is 21.5. The van der Waals surface area contributed by atoms with Crippen molar-refractivity contribution in [1.82, 2.24) is 20.8 Å². The minimum absolute atomic E-state index is 0.127. The topological polar surface area (TPSA) is 52.1 Å². The molecule has 3 unspecified atom stereocenters. The summed E-state index contributed by atoms with van der Waals surface area (Å²) >= 11 is 7.73. The first-order chi connectivity index (χ1) is 15.7. The maximum Gasteiger partial charge on any atom is 0.189 e. The average Bonchev–Trinajstić information content (AvgIpc) is 3.43. The smallest absolute Gasteiger partial charge is 0.189 e. The summed E-state index contributed by atoms with van der Waals surface area (Å²) < 4.78 is 5.81. The predicted octanol–water partition coefficient (Wildman–Crippen LogP) is 5.06. The number of halogens is 1. The Bertz CT molecular complexity index is 981. The van der Waals surface area contributed by atoms with Crippen LogP contribution in [0.25, 0.3) is 0 Å². The molecule has 1 saturated heterocycles. The highest BCUT2D eigenvalue weighted by Crippen LogP contribution is 2.36. The number of hydrazine groups is 1. The largest absolute Gasteiger partial charge is 0.494 e. The fourth-order valence-electron chi connectivity index (χ4n) is 4.23. The molecule has 0 amide bonds. The van der Waals surface area contributed by atoms with Crippen LogP contribution in [0.3, 0.4) is 0 Å². The molecule has 0 radical (unpaired) electrons. The van der Waals surface area contributed by atoms with Gasteiger partial charge in [-0.25, -0.2) is 5.43 Å². The van der Waals surface area contributed by atoms with Crippen molar-refractivity contribution in [3.63, 3.8) is 0 Å². The van der Waals surface area contributed by atoms with Gasteiger partial charge in [-0.1, -0.05) is 61.0 Å². The van der Waals surface area contributed by atoms with Gasteiger partial charge in [0, 0.05) is 23.2 Å². The fraction of sp³-hybridized carbons (Fsp3) is 0.375. The van der Waals surface area contributed by atoms with Gasteiger partial charge < -0.3 is 14.6 Å². The summed E-state index contributed by atoms with van der Waals surface area (Å²) in [7, 11) is 0. The van der Waals surface area contributed by atoms with Gasteiger partial charge in [0.1, 0.15) is 11.9 Å². The van der Waals surface area contributed by atoms with E-state index in [9.17, 15) is 0 Å². The van der Waals surface area contributed by atoms with Gasteiger partial charge in [0.15, 0.2) is 5.17 Å². The molecule has 1 fully saturated rings. The minimum atomic E-state index is 0.127. The van der Waals surface area contributed by atoms with E-state index in [4.69, 9.17) is 16.3 Å². The number of benzene rings is 2. The zero-order chi connectivity index (χ0) is 21.9. The Morgan fingerprint density at radius 1 is 1.12 bits per heavy atom. The number of unbranched alkanes of at least 4 members (excludes halogenated alkanes) is 1. The number of amidine groups is 1. The number of ether oxygens (including phenoxy) is 1. The third-order valence-corrected chi connectivity index (χ3v) is 7.32. The highest BCUT2D eigenvalue weighted by Gasteiger charge is 2.44. The molecule has 3 aliphatic heterocycles. The molecule has 3 aliphatic rings. The highest BCUT2D eigenvalue weighted by atomic mass is 35.5. The molecule has 2 N–H and O–H groups in total. The number of hydrogen-bond acceptors (Lipinski definition) is 7. The number of nitrogens with zero attached hydrogens (tertiary/aromatic N) is 3. The molecule has 0 aliphatic carbocycles. The second kappa shape index (κ2) is 9.65. The van der Waals surface area contributed by atoms with E-state index >= 15 is 0 Å². The van der Waals surface area contributed by atoms with Gasteiger partial charge in [-0.3, -0.25) is 5.43 Å². The summed E-state index contributed by atoms with van der Waals surface area (Å²) in [6, 6.07) is 17.1. The zero-order valence-corrected chi connectivity index (χ0v) is 19.6. The fourth-order valence-corrected chi connectivity index (χ4v) is 5.28. The Morgan fingerprint density at radius 2 is 1.94 bits per heavy atom. The molecule has 0 saturated carbocycles. The van der Waals surface area contributed by atoms with Crippen LogP contribution in [-0.4, -0.2) is 33.9 Å². The van der Waals surface area contributed by atoms with Crippen molar-refractivity contribution in [3.05, 3.63) is 77.1 Å². The first-order valence-corrected chi connectivity index (χ1v) is 12.5. The molecule has 2 aromatic rings. The van der Waals surface area contributed by atoms with Crippen molar-refractivity contribution in [2.24, 2.45) is 5.10 Å². The number of rotatable bonds is 7. The molecule has 8 heteroatoms. The molecule has 3 heterocycles. The van der Waals surface area contributed by atoms with E-state index in [1.165, 1.54) is 11.1 Å². The quantitative estimate of drug-likeness (QED) is 0.553. The lowest BCUT2D eigenvalue weighted by atomic mass is 10.00. The molecule has 32 heavy (non-hydrogen) atoms. The van der Waals surface area contributed by atoms with Crippen molar-refractivity contribution in [1.29, 1.82) is 0 Å². The molecule has 2 aromatic carbocycles. The predicted molar refractivity (Wildman–Crippen MR) is 131 cm³/mol. The van der Waals surface area contributed by atoms with Crippen LogP contribution in [0.15, 0.2) is 66.0 Å². The lowest BCUT2D eigenvalue weighted by molar-refractivity contribution is 0.152. The van der Waals surface area contributed by atoms with Crippen LogP contribution in [-0.2, 0) is 5.75 Å². The lowest BCUT2D eigenvalue weighted by Crippen LogP contribution is -2.54. The van der Waals surface area contributed by atoms with Crippen molar-refractivity contribution in [2.45, 2.75) is 50.2 Å². The first-order valence-electron chi connectivity index (χ1n) is 11.2. The SMILES string of the molecule is CCCCOc1ccc(C2CC3C4NN=C(SCc5ccc(Cl)cc5)N4C=CN3N2)cc1. The summed E-state index contributed by atoms with van der Waals surface area (Å²) in [5, 5.41) is 8.60. The molecule has 3 atom stereocenters. The summed E-state index contributed by atoms with van der Waals surface area (Å²) in [5.74, 6) is 1.80. The van der Waals surface area contributed by atoms with Crippen LogP contribution in [0, 0.1) is 0 Å². The third-order valence-electron chi connectivity index (χ3n) is 6.04. The molecular weight excluding hydrogens is 442 g/mol. The van der Waals surface area contributed by atoms with Gasteiger partial charge in [-0.2, -0.15) is 5.10 Å². The van der Waals surface area contributed by atoms with Gasteiger partial charge in [0.05, 0.1) is 18.7 Å². The van der Waals surface area contributed by atoms with E-state index in [1.54, 1.807) is 11.8 Å². The number of thioether (sulfide) groups is 1. The van der Waals surface area contributed by atoms with E-state index in [0.717, 1.165) is 47.6 Å². The van der Waals surface area contributed by atoms with E-state index < -0.39 is 0 Å². The van der Waals surface area contributed by atoms with Gasteiger partial charge in [0.2, 0.25) is 0 Å². The van der Waals surface area contributed by atoms with Crippen molar-refractivity contribution in [2.75, 3.05) is 6.61 Å². The van der Waals surface area contributed by atoms with E-state index in [-0.39, 0.29) is 12.2 Å². The normalized spacial score (nSPS) is 23.6. The molecule has 5 rings (SSSR count). The molecular formula is C24H28ClN5OS. The molecule has 0 spiro atoms. The van der Waals surface area contributed by atoms with Crippen LogP contribution < -0.4 is 15.6 Å². The van der Waals surface area contributed by atoms with Crippen LogP contribution in [0.4, 0.5) is 0 Å². The van der Waals surface area contributed by atoms with Gasteiger partial charge in [-0.05, 0) is 48.2 Å². The monoisotopic (exact) mass is 469 g/mol. The van der Waals surface area contributed by atoms with Crippen molar-refractivity contribution < 1.29 is 4.74 Å². The number of hydrazone groups is 1. The van der Waals surface area contributed by atoms with E-state index in [2.05, 4.69) is 81.6 Å². The maximum atomic E-state index is 6.00. The van der Waals surface area contributed by atoms with Gasteiger partial charge in [0.25, 0.3) is 0 Å². The number of hydrogen-bond donors (Lipinski definition) is 2. The number of fused-ring (bicyclic) bond motifs is 3. The zero-order valence-electron chi connectivity index (χ0n) is 18.1. The minimum Gasteiger partial charge on any atom is -0.494 e. The van der Waals surface area contributed by atoms with Crippen molar-refractivity contribution in [3.8, 4) is 5.75 Å². The Hall–Kier alpha value is -2.35. The van der Waals surface area contributed by atoms with Gasteiger partial charge in [-0.15, -0.1) is 0 Å². The van der Waals surface area contributed by atoms with E-state index in [1.807, 2.05) is 12.1 Å². The van der Waals surface area contributed by atoms with Crippen LogP contribution in [0.2, 0.25) is 5.02 Å². The maximum absolute atomic E-state index is 6.00. The molecule has 168 valence electrons. The third kappa shape index (κ3) is 4.56. The van der Waals surface area contributed by atoms with Crippen molar-refractivity contribution >= 4 is 28.5 Å². The Morgan fingerprint density at radius 3 is 2.72 bits per heavy atom. The van der Waals surface area contributed by atoms with Crippen LogP contribution >= 0.6 is 23.4 Å². The van der Waals surface area contributed by atoms with E-state index in [0.29, 0.717) is 6.04 Å². The summed E-state index contributed by atoms with van der Waals surface area (Å²) in [5.41, 5.74) is 9.51. The second-order valence-corrected chi connectivity index (χ2v) is 9.63. The Labute approximate surface area is 198 Å². The Balaban J connectivity index is 1.18. The molecule has 0 aromatic heterocycles. The van der Waals surface area contributed by atoms with Crippen LogP contribution in [0.5, 0.6) is 5.75 Å². The average molecular weight is 470 g/mol. The van der Waals surface area contributed by atoms with Crippen LogP contribution in [0.1, 0.15) is 43.4 Å². The number of nitrogens with one attached hydrogen (secondary N) is 2. The second-order valence-electron chi connectivity index (χ2n) is 8.25. The molecule has 6 nitrogen and oxygen atoms in total. The standard InChI is InChI=1S/C24H28ClN5OS/c1-2-3-14-31-20-10-6-18(7-11-20)21-15-22-23-26-27-24(29(23)12-13-30(22)28-21)32-16-17-4-8-19(25)9-5-17/h4-13,21-23,26,28H,2-3,14-16H2,1H3. The lowest BCUT2D eigenvalue weighted by Gasteiger charge is -2.36.